The number of hydrogen-bond donors (Lipinski definition) is 2. The van der Waals surface area contributed by atoms with E-state index in [1.54, 1.807) is 30.7 Å². The molecule has 0 atom stereocenters. The lowest BCUT2D eigenvalue weighted by atomic mass is 9.49. The van der Waals surface area contributed by atoms with Gasteiger partial charge in [0.1, 0.15) is 17.5 Å². The van der Waals surface area contributed by atoms with Gasteiger partial charge in [0.25, 0.3) is 5.91 Å². The van der Waals surface area contributed by atoms with E-state index < -0.39 is 0 Å². The summed E-state index contributed by atoms with van der Waals surface area (Å²) in [5.74, 6) is 2.10. The van der Waals surface area contributed by atoms with E-state index in [-0.39, 0.29) is 23.3 Å². The molecule has 0 aliphatic heterocycles. The molecule has 0 aromatic carbocycles. The highest BCUT2D eigenvalue weighted by atomic mass is 16.5. The topological polar surface area (TPSA) is 119 Å². The number of ether oxygens (including phenoxy) is 1. The maximum atomic E-state index is 13.1. The zero-order valence-electron chi connectivity index (χ0n) is 17.4. The first-order chi connectivity index (χ1) is 15.0. The fourth-order valence-electron chi connectivity index (χ4n) is 4.36. The first-order valence-corrected chi connectivity index (χ1v) is 10.1. The van der Waals surface area contributed by atoms with Gasteiger partial charge in [0.2, 0.25) is 0 Å². The Morgan fingerprint density at radius 1 is 1.13 bits per heavy atom. The van der Waals surface area contributed by atoms with Gasteiger partial charge in [0.05, 0.1) is 12.7 Å². The van der Waals surface area contributed by atoms with Crippen LogP contribution < -0.4 is 15.8 Å². The Balaban J connectivity index is 1.40. The first-order valence-electron chi connectivity index (χ1n) is 10.1. The summed E-state index contributed by atoms with van der Waals surface area (Å²) in [5, 5.41) is 3.13. The lowest BCUT2D eigenvalue weighted by Crippen LogP contribution is -2.68. The van der Waals surface area contributed by atoms with Crippen LogP contribution in [-0.4, -0.2) is 50.4 Å². The number of carbonyl (C=O) groups is 1. The minimum atomic E-state index is -0.0783. The largest absolute Gasteiger partial charge is 0.467 e. The zero-order valence-corrected chi connectivity index (χ0v) is 17.4. The highest BCUT2D eigenvalue weighted by molar-refractivity contribution is 6.00. The van der Waals surface area contributed by atoms with Crippen LogP contribution >= 0.6 is 0 Å². The van der Waals surface area contributed by atoms with E-state index in [1.807, 2.05) is 24.1 Å². The molecule has 3 saturated carbocycles. The predicted molar refractivity (Wildman–Crippen MR) is 116 cm³/mol. The van der Waals surface area contributed by atoms with Crippen LogP contribution in [0.5, 0.6) is 6.01 Å². The van der Waals surface area contributed by atoms with Crippen molar-refractivity contribution < 1.29 is 9.53 Å². The average molecular weight is 417 g/mol. The van der Waals surface area contributed by atoms with Crippen molar-refractivity contribution in [1.29, 1.82) is 0 Å². The van der Waals surface area contributed by atoms with Crippen LogP contribution in [-0.2, 0) is 0 Å². The summed E-state index contributed by atoms with van der Waals surface area (Å²) >= 11 is 0. The van der Waals surface area contributed by atoms with Gasteiger partial charge in [-0.25, -0.2) is 15.0 Å². The monoisotopic (exact) mass is 417 g/mol. The normalized spacial score (nSPS) is 20.9. The smallest absolute Gasteiger partial charge is 0.318 e. The van der Waals surface area contributed by atoms with Gasteiger partial charge in [0, 0.05) is 36.7 Å². The van der Waals surface area contributed by atoms with Crippen LogP contribution in [0.25, 0.3) is 11.1 Å². The van der Waals surface area contributed by atoms with Crippen LogP contribution in [0.3, 0.4) is 0 Å². The summed E-state index contributed by atoms with van der Waals surface area (Å²) in [5.41, 5.74) is 8.16. The maximum Gasteiger partial charge on any atom is 0.318 e. The summed E-state index contributed by atoms with van der Waals surface area (Å²) in [7, 11) is 3.38. The fourth-order valence-corrected chi connectivity index (χ4v) is 4.36. The van der Waals surface area contributed by atoms with Gasteiger partial charge in [-0.2, -0.15) is 4.98 Å². The number of pyridine rings is 2. The minimum Gasteiger partial charge on any atom is -0.467 e. The Kier molecular flexibility index (Phi) is 4.46. The van der Waals surface area contributed by atoms with E-state index in [2.05, 4.69) is 25.3 Å². The van der Waals surface area contributed by atoms with Crippen LogP contribution in [0.1, 0.15) is 29.6 Å². The molecule has 3 aliphatic rings. The number of hydrogen-bond acceptors (Lipinski definition) is 8. The molecule has 3 fully saturated rings. The van der Waals surface area contributed by atoms with E-state index in [0.717, 1.165) is 36.3 Å². The van der Waals surface area contributed by atoms with Crippen molar-refractivity contribution in [3.63, 3.8) is 0 Å². The Morgan fingerprint density at radius 2 is 1.90 bits per heavy atom. The van der Waals surface area contributed by atoms with Crippen molar-refractivity contribution in [3.05, 3.63) is 48.4 Å². The summed E-state index contributed by atoms with van der Waals surface area (Å²) in [6.07, 6.45) is 8.23. The van der Waals surface area contributed by atoms with Crippen LogP contribution in [0.15, 0.2) is 42.9 Å². The van der Waals surface area contributed by atoms with Gasteiger partial charge in [-0.05, 0) is 55.0 Å². The molecule has 0 saturated heterocycles. The number of anilines is 3. The standard InChI is InChI=1S/C22H23N7O2/c1-29(22-9-13(10-22)11-22)20(30)16-7-15(12-26-19(16)23)14-3-5-24-18(8-14)27-17-4-6-25-21(28-17)31-2/h3-8,12-13H,9-11H2,1-2H3,(H2,23,26)(H,24,25,27,28). The van der Waals surface area contributed by atoms with Gasteiger partial charge in [0.15, 0.2) is 0 Å². The van der Waals surface area contributed by atoms with Crippen molar-refractivity contribution in [1.82, 2.24) is 24.8 Å². The van der Waals surface area contributed by atoms with E-state index in [1.165, 1.54) is 7.11 Å². The average Bonchev–Trinajstić information content (AvgIpc) is 2.71. The lowest BCUT2D eigenvalue weighted by Gasteiger charge is -2.65. The van der Waals surface area contributed by atoms with E-state index in [4.69, 9.17) is 10.5 Å². The molecule has 1 amide bonds. The van der Waals surface area contributed by atoms with Crippen LogP contribution in [0, 0.1) is 5.92 Å². The number of aromatic nitrogens is 4. The number of nitrogens with zero attached hydrogens (tertiary/aromatic N) is 5. The molecule has 3 aromatic heterocycles. The molecular weight excluding hydrogens is 394 g/mol. The van der Waals surface area contributed by atoms with Gasteiger partial charge in [-0.3, -0.25) is 4.79 Å². The molecule has 6 rings (SSSR count). The molecule has 0 spiro atoms. The van der Waals surface area contributed by atoms with Crippen molar-refractivity contribution in [2.75, 3.05) is 25.2 Å². The number of amides is 1. The molecule has 2 bridgehead atoms. The molecule has 31 heavy (non-hydrogen) atoms. The Labute approximate surface area is 179 Å². The highest BCUT2D eigenvalue weighted by Crippen LogP contribution is 2.60. The number of nitrogens with one attached hydrogen (secondary N) is 1. The molecular formula is C22H23N7O2. The van der Waals surface area contributed by atoms with E-state index in [0.29, 0.717) is 17.2 Å². The summed E-state index contributed by atoms with van der Waals surface area (Å²) in [4.78, 5) is 31.8. The predicted octanol–water partition coefficient (Wildman–Crippen LogP) is 2.89. The Bertz CT molecular complexity index is 1150. The number of nitrogen functional groups attached to an aromatic ring is 1. The Hall–Kier alpha value is -3.75. The van der Waals surface area contributed by atoms with Crippen molar-refractivity contribution >= 4 is 23.4 Å². The molecule has 3 N–H and O–H groups in total. The Morgan fingerprint density at radius 3 is 2.61 bits per heavy atom. The van der Waals surface area contributed by atoms with E-state index >= 15 is 0 Å². The second kappa shape index (κ2) is 7.19. The van der Waals surface area contributed by atoms with E-state index in [9.17, 15) is 4.79 Å². The third kappa shape index (κ3) is 3.31. The van der Waals surface area contributed by atoms with Crippen LogP contribution in [0.4, 0.5) is 17.5 Å². The minimum absolute atomic E-state index is 0.0244. The van der Waals surface area contributed by atoms with Crippen LogP contribution in [0.2, 0.25) is 0 Å². The van der Waals surface area contributed by atoms with Gasteiger partial charge >= 0.3 is 6.01 Å². The fraction of sp³-hybridized carbons (Fsp3) is 0.318. The number of carbonyl (C=O) groups excluding carboxylic acids is 1. The molecule has 3 heterocycles. The number of rotatable bonds is 6. The third-order valence-corrected chi connectivity index (χ3v) is 6.34. The van der Waals surface area contributed by atoms with Gasteiger partial charge in [-0.1, -0.05) is 0 Å². The summed E-state index contributed by atoms with van der Waals surface area (Å²) < 4.78 is 5.05. The molecule has 0 radical (unpaired) electrons. The second-order valence-electron chi connectivity index (χ2n) is 8.21. The molecule has 9 heteroatoms. The SMILES string of the molecule is COc1nccc(Nc2cc(-c3cnc(N)c(C(=O)N(C)C45CC(C4)C5)c3)ccn2)n1. The maximum absolute atomic E-state index is 13.1. The van der Waals surface area contributed by atoms with Gasteiger partial charge in [-0.15, -0.1) is 0 Å². The molecule has 3 aliphatic carbocycles. The van der Waals surface area contributed by atoms with Crippen molar-refractivity contribution in [2.24, 2.45) is 5.92 Å². The van der Waals surface area contributed by atoms with Crippen molar-refractivity contribution in [3.8, 4) is 17.1 Å². The quantitative estimate of drug-likeness (QED) is 0.628. The highest BCUT2D eigenvalue weighted by Gasteiger charge is 2.60. The second-order valence-corrected chi connectivity index (χ2v) is 8.21. The summed E-state index contributed by atoms with van der Waals surface area (Å²) in [6, 6.07) is 7.51. The van der Waals surface area contributed by atoms with Gasteiger partial charge < -0.3 is 20.7 Å². The third-order valence-electron chi connectivity index (χ3n) is 6.34. The molecule has 0 unspecified atom stereocenters. The first kappa shape index (κ1) is 19.2. The zero-order chi connectivity index (χ0) is 21.6. The molecule has 158 valence electrons. The number of methoxy groups -OCH3 is 1. The molecule has 9 nitrogen and oxygen atoms in total. The number of nitrogens with two attached hydrogens (primary N) is 1. The van der Waals surface area contributed by atoms with Crippen molar-refractivity contribution in [2.45, 2.75) is 24.8 Å². The lowest BCUT2D eigenvalue weighted by molar-refractivity contribution is -0.114. The summed E-state index contributed by atoms with van der Waals surface area (Å²) in [6.45, 7) is 0. The molecule has 3 aromatic rings.